The number of hydrogen-bond acceptors (Lipinski definition) is 4. The van der Waals surface area contributed by atoms with Gasteiger partial charge in [-0.1, -0.05) is 11.6 Å². The molecule has 0 fully saturated rings. The van der Waals surface area contributed by atoms with E-state index in [9.17, 15) is 4.79 Å². The molecule has 0 unspecified atom stereocenters. The van der Waals surface area contributed by atoms with Crippen LogP contribution in [-0.4, -0.2) is 14.8 Å². The molecule has 2 aromatic heterocycles. The van der Waals surface area contributed by atoms with Gasteiger partial charge in [0.2, 0.25) is 0 Å². The van der Waals surface area contributed by atoms with E-state index in [1.54, 1.807) is 12.1 Å². The van der Waals surface area contributed by atoms with E-state index >= 15 is 0 Å². The first-order chi connectivity index (χ1) is 7.20. The van der Waals surface area contributed by atoms with Crippen LogP contribution in [0.5, 0.6) is 0 Å². The summed E-state index contributed by atoms with van der Waals surface area (Å²) in [5.41, 5.74) is 0.628. The summed E-state index contributed by atoms with van der Waals surface area (Å²) in [4.78, 5) is 15.1. The van der Waals surface area contributed by atoms with Gasteiger partial charge in [0.05, 0.1) is 5.56 Å². The van der Waals surface area contributed by atoms with Crippen molar-refractivity contribution in [3.63, 3.8) is 0 Å². The molecular weight excluding hydrogens is 218 g/mol. The lowest BCUT2D eigenvalue weighted by Crippen LogP contribution is -2.13. The highest BCUT2D eigenvalue weighted by molar-refractivity contribution is 6.29. The van der Waals surface area contributed by atoms with Crippen molar-refractivity contribution in [2.24, 2.45) is 0 Å². The van der Waals surface area contributed by atoms with Crippen LogP contribution in [0.2, 0.25) is 5.15 Å². The SMILES string of the molecule is CCn1nc(-c2ccc(Cl)nc2)oc1=O. The van der Waals surface area contributed by atoms with Crippen molar-refractivity contribution in [2.75, 3.05) is 0 Å². The third-order valence-corrected chi connectivity index (χ3v) is 2.10. The first kappa shape index (κ1) is 9.92. The Bertz CT molecular complexity index is 515. The summed E-state index contributed by atoms with van der Waals surface area (Å²) >= 11 is 5.63. The van der Waals surface area contributed by atoms with Crippen LogP contribution in [0.4, 0.5) is 0 Å². The fourth-order valence-electron chi connectivity index (χ4n) is 1.13. The van der Waals surface area contributed by atoms with Crippen LogP contribution >= 0.6 is 11.6 Å². The molecule has 0 aliphatic carbocycles. The van der Waals surface area contributed by atoms with Gasteiger partial charge >= 0.3 is 5.76 Å². The summed E-state index contributed by atoms with van der Waals surface area (Å²) in [6, 6.07) is 3.31. The number of aryl methyl sites for hydroxylation is 1. The van der Waals surface area contributed by atoms with Gasteiger partial charge in [-0.05, 0) is 19.1 Å². The summed E-state index contributed by atoms with van der Waals surface area (Å²) in [7, 11) is 0. The molecule has 15 heavy (non-hydrogen) atoms. The molecular formula is C9H8ClN3O2. The number of rotatable bonds is 2. The molecule has 0 aliphatic heterocycles. The van der Waals surface area contributed by atoms with E-state index in [-0.39, 0.29) is 5.89 Å². The number of aromatic nitrogens is 3. The van der Waals surface area contributed by atoms with Crippen molar-refractivity contribution in [1.29, 1.82) is 0 Å². The monoisotopic (exact) mass is 225 g/mol. The molecule has 0 saturated carbocycles. The van der Waals surface area contributed by atoms with Crippen molar-refractivity contribution in [2.45, 2.75) is 13.5 Å². The van der Waals surface area contributed by atoms with Crippen LogP contribution in [-0.2, 0) is 6.54 Å². The van der Waals surface area contributed by atoms with E-state index in [0.29, 0.717) is 17.3 Å². The van der Waals surface area contributed by atoms with Crippen molar-refractivity contribution < 1.29 is 4.42 Å². The first-order valence-electron chi connectivity index (χ1n) is 4.40. The van der Waals surface area contributed by atoms with E-state index in [2.05, 4.69) is 10.1 Å². The largest absolute Gasteiger partial charge is 0.437 e. The van der Waals surface area contributed by atoms with Crippen molar-refractivity contribution >= 4 is 11.6 Å². The summed E-state index contributed by atoms with van der Waals surface area (Å²) in [5, 5.41) is 4.37. The summed E-state index contributed by atoms with van der Waals surface area (Å²) < 4.78 is 6.18. The van der Waals surface area contributed by atoms with Crippen LogP contribution in [0.15, 0.2) is 27.5 Å². The van der Waals surface area contributed by atoms with Crippen molar-refractivity contribution in [3.05, 3.63) is 34.0 Å². The Morgan fingerprint density at radius 2 is 2.33 bits per heavy atom. The smallest absolute Gasteiger partial charge is 0.388 e. The van der Waals surface area contributed by atoms with E-state index in [1.165, 1.54) is 10.9 Å². The maximum absolute atomic E-state index is 11.2. The summed E-state index contributed by atoms with van der Waals surface area (Å²) in [5.74, 6) is -0.214. The molecule has 2 rings (SSSR count). The highest BCUT2D eigenvalue weighted by atomic mass is 35.5. The van der Waals surface area contributed by atoms with Crippen molar-refractivity contribution in [1.82, 2.24) is 14.8 Å². The Balaban J connectivity index is 2.45. The van der Waals surface area contributed by atoms with E-state index in [1.807, 2.05) is 6.92 Å². The van der Waals surface area contributed by atoms with Gasteiger partial charge < -0.3 is 4.42 Å². The molecule has 2 heterocycles. The highest BCUT2D eigenvalue weighted by Gasteiger charge is 2.08. The van der Waals surface area contributed by atoms with E-state index in [4.69, 9.17) is 16.0 Å². The zero-order chi connectivity index (χ0) is 10.8. The lowest BCUT2D eigenvalue weighted by molar-refractivity contribution is 0.490. The molecule has 0 amide bonds. The predicted molar refractivity (Wildman–Crippen MR) is 54.7 cm³/mol. The fourth-order valence-corrected chi connectivity index (χ4v) is 1.24. The Morgan fingerprint density at radius 3 is 2.87 bits per heavy atom. The van der Waals surface area contributed by atoms with Gasteiger partial charge in [-0.2, -0.15) is 4.68 Å². The molecule has 0 saturated heterocycles. The van der Waals surface area contributed by atoms with Gasteiger partial charge in [0, 0.05) is 12.7 Å². The second-order valence-corrected chi connectivity index (χ2v) is 3.25. The number of halogens is 1. The van der Waals surface area contributed by atoms with Crippen LogP contribution in [0.25, 0.3) is 11.5 Å². The minimum absolute atomic E-state index is 0.256. The van der Waals surface area contributed by atoms with Gasteiger partial charge in [0.15, 0.2) is 0 Å². The quantitative estimate of drug-likeness (QED) is 0.728. The van der Waals surface area contributed by atoms with Gasteiger partial charge in [-0.25, -0.2) is 9.78 Å². The predicted octanol–water partition coefficient (Wildman–Crippen LogP) is 1.57. The second kappa shape index (κ2) is 3.86. The molecule has 0 aromatic carbocycles. The first-order valence-corrected chi connectivity index (χ1v) is 4.78. The van der Waals surface area contributed by atoms with Crippen molar-refractivity contribution in [3.8, 4) is 11.5 Å². The average Bonchev–Trinajstić information content (AvgIpc) is 2.61. The Labute approximate surface area is 90.3 Å². The number of nitrogens with zero attached hydrogens (tertiary/aromatic N) is 3. The maximum Gasteiger partial charge on any atom is 0.437 e. The summed E-state index contributed by atoms with van der Waals surface area (Å²) in [6.45, 7) is 2.29. The molecule has 5 nitrogen and oxygen atoms in total. The molecule has 0 aliphatic rings. The zero-order valence-electron chi connectivity index (χ0n) is 7.98. The molecule has 0 N–H and O–H groups in total. The summed E-state index contributed by atoms with van der Waals surface area (Å²) in [6.07, 6.45) is 1.51. The molecule has 0 radical (unpaired) electrons. The maximum atomic E-state index is 11.2. The number of hydrogen-bond donors (Lipinski definition) is 0. The normalized spacial score (nSPS) is 10.5. The minimum atomic E-state index is -0.470. The molecule has 0 spiro atoms. The topological polar surface area (TPSA) is 60.9 Å². The molecule has 78 valence electrons. The van der Waals surface area contributed by atoms with Gasteiger partial charge in [-0.3, -0.25) is 0 Å². The van der Waals surface area contributed by atoms with Crippen LogP contribution in [0.3, 0.4) is 0 Å². The van der Waals surface area contributed by atoms with Crippen LogP contribution in [0, 0.1) is 0 Å². The van der Waals surface area contributed by atoms with Gasteiger partial charge in [-0.15, -0.1) is 5.10 Å². The Morgan fingerprint density at radius 1 is 1.53 bits per heavy atom. The van der Waals surface area contributed by atoms with Crippen LogP contribution < -0.4 is 5.76 Å². The fraction of sp³-hybridized carbons (Fsp3) is 0.222. The lowest BCUT2D eigenvalue weighted by atomic mass is 10.3. The molecule has 6 heteroatoms. The lowest BCUT2D eigenvalue weighted by Gasteiger charge is -1.92. The third kappa shape index (κ3) is 1.92. The van der Waals surface area contributed by atoms with Crippen LogP contribution in [0.1, 0.15) is 6.92 Å². The third-order valence-electron chi connectivity index (χ3n) is 1.88. The molecule has 0 bridgehead atoms. The van der Waals surface area contributed by atoms with Gasteiger partial charge in [0.1, 0.15) is 5.15 Å². The average molecular weight is 226 g/mol. The Hall–Kier alpha value is -1.62. The highest BCUT2D eigenvalue weighted by Crippen LogP contribution is 2.15. The minimum Gasteiger partial charge on any atom is -0.388 e. The van der Waals surface area contributed by atoms with E-state index < -0.39 is 5.76 Å². The molecule has 2 aromatic rings. The van der Waals surface area contributed by atoms with E-state index in [0.717, 1.165) is 0 Å². The molecule has 0 atom stereocenters. The Kier molecular flexibility index (Phi) is 2.55. The number of pyridine rings is 1. The van der Waals surface area contributed by atoms with Gasteiger partial charge in [0.25, 0.3) is 5.89 Å². The zero-order valence-corrected chi connectivity index (χ0v) is 8.73. The second-order valence-electron chi connectivity index (χ2n) is 2.86. The standard InChI is InChI=1S/C9H8ClN3O2/c1-2-13-9(14)15-8(12-13)6-3-4-7(10)11-5-6/h3-5H,2H2,1H3.